The lowest BCUT2D eigenvalue weighted by Crippen LogP contribution is -2.39. The summed E-state index contributed by atoms with van der Waals surface area (Å²) in [6, 6.07) is 11.2. The number of carbonyl (C=O) groups is 1. The first-order valence-electron chi connectivity index (χ1n) is 8.03. The van der Waals surface area contributed by atoms with E-state index >= 15 is 0 Å². The van der Waals surface area contributed by atoms with Crippen molar-refractivity contribution in [2.75, 3.05) is 11.5 Å². The van der Waals surface area contributed by atoms with E-state index in [2.05, 4.69) is 5.32 Å². The molecule has 0 spiro atoms. The van der Waals surface area contributed by atoms with Gasteiger partial charge in [0.05, 0.1) is 23.7 Å². The highest BCUT2D eigenvalue weighted by Crippen LogP contribution is 2.23. The molecular weight excluding hydrogens is 326 g/mol. The Kier molecular flexibility index (Phi) is 4.76. The van der Waals surface area contributed by atoms with Crippen molar-refractivity contribution >= 4 is 15.7 Å². The van der Waals surface area contributed by atoms with Gasteiger partial charge < -0.3 is 9.73 Å². The summed E-state index contributed by atoms with van der Waals surface area (Å²) in [7, 11) is -3.02. The van der Waals surface area contributed by atoms with Crippen LogP contribution < -0.4 is 5.32 Å². The van der Waals surface area contributed by atoms with Gasteiger partial charge in [0.1, 0.15) is 5.76 Å². The number of rotatable bonds is 5. The molecule has 1 aliphatic rings. The Morgan fingerprint density at radius 1 is 1.29 bits per heavy atom. The molecule has 5 nitrogen and oxygen atoms in total. The predicted molar refractivity (Wildman–Crippen MR) is 91.5 cm³/mol. The van der Waals surface area contributed by atoms with Crippen LogP contribution in [0.3, 0.4) is 0 Å². The summed E-state index contributed by atoms with van der Waals surface area (Å²) in [6.45, 7) is 1.99. The summed E-state index contributed by atoms with van der Waals surface area (Å²) in [5, 5.41) is 2.90. The van der Waals surface area contributed by atoms with E-state index in [1.54, 1.807) is 12.3 Å². The zero-order chi connectivity index (χ0) is 17.2. The van der Waals surface area contributed by atoms with Gasteiger partial charge in [0, 0.05) is 12.5 Å². The molecule has 0 saturated carbocycles. The molecule has 2 atom stereocenters. The van der Waals surface area contributed by atoms with Crippen LogP contribution in [0.2, 0.25) is 0 Å². The maximum absolute atomic E-state index is 12.8. The van der Waals surface area contributed by atoms with Crippen molar-refractivity contribution in [2.45, 2.75) is 31.7 Å². The Morgan fingerprint density at radius 3 is 2.62 bits per heavy atom. The summed E-state index contributed by atoms with van der Waals surface area (Å²) >= 11 is 0. The standard InChI is InChI=1S/C18H21NO4S/c1-13-4-6-14(7-5-13)17(11-16-3-2-9-23-16)18(20)19-15-8-10-24(21,22)12-15/h2-7,9,15,17H,8,10-12H2,1H3,(H,19,20). The van der Waals surface area contributed by atoms with Gasteiger partial charge in [0.15, 0.2) is 9.84 Å². The highest BCUT2D eigenvalue weighted by Gasteiger charge is 2.31. The third kappa shape index (κ3) is 4.06. The zero-order valence-corrected chi connectivity index (χ0v) is 14.4. The van der Waals surface area contributed by atoms with Gasteiger partial charge in [-0.3, -0.25) is 4.79 Å². The van der Waals surface area contributed by atoms with E-state index in [1.807, 2.05) is 37.3 Å². The first-order chi connectivity index (χ1) is 11.4. The van der Waals surface area contributed by atoms with Crippen molar-refractivity contribution in [3.8, 4) is 0 Å². The monoisotopic (exact) mass is 347 g/mol. The van der Waals surface area contributed by atoms with Crippen LogP contribution in [0.1, 0.15) is 29.2 Å². The third-order valence-corrected chi connectivity index (χ3v) is 6.13. The molecule has 1 amide bonds. The lowest BCUT2D eigenvalue weighted by atomic mass is 9.92. The summed E-state index contributed by atoms with van der Waals surface area (Å²) in [6.07, 6.45) is 2.51. The van der Waals surface area contributed by atoms with Gasteiger partial charge in [0.25, 0.3) is 0 Å². The molecule has 1 fully saturated rings. The van der Waals surface area contributed by atoms with E-state index in [-0.39, 0.29) is 23.5 Å². The Bertz CT molecular complexity index is 794. The quantitative estimate of drug-likeness (QED) is 0.900. The van der Waals surface area contributed by atoms with Crippen LogP contribution in [0.25, 0.3) is 0 Å². The molecule has 128 valence electrons. The molecule has 1 aromatic heterocycles. The SMILES string of the molecule is Cc1ccc(C(Cc2ccco2)C(=O)NC2CCS(=O)(=O)C2)cc1. The number of nitrogens with one attached hydrogen (secondary N) is 1. The maximum Gasteiger partial charge on any atom is 0.228 e. The molecule has 1 aromatic carbocycles. The van der Waals surface area contributed by atoms with Gasteiger partial charge >= 0.3 is 0 Å². The molecule has 24 heavy (non-hydrogen) atoms. The number of benzene rings is 1. The van der Waals surface area contributed by atoms with Crippen molar-refractivity contribution in [2.24, 2.45) is 0 Å². The van der Waals surface area contributed by atoms with Crippen molar-refractivity contribution in [3.63, 3.8) is 0 Å². The van der Waals surface area contributed by atoms with Crippen LogP contribution in [-0.2, 0) is 21.1 Å². The fraction of sp³-hybridized carbons (Fsp3) is 0.389. The van der Waals surface area contributed by atoms with E-state index in [9.17, 15) is 13.2 Å². The number of carbonyl (C=O) groups excluding carboxylic acids is 1. The molecule has 1 saturated heterocycles. The summed E-state index contributed by atoms with van der Waals surface area (Å²) in [4.78, 5) is 12.8. The second-order valence-electron chi connectivity index (χ2n) is 6.36. The molecule has 0 aliphatic carbocycles. The molecule has 6 heteroatoms. The molecule has 2 heterocycles. The van der Waals surface area contributed by atoms with Crippen LogP contribution in [0.5, 0.6) is 0 Å². The minimum atomic E-state index is -3.02. The first-order valence-corrected chi connectivity index (χ1v) is 9.85. The Labute approximate surface area is 142 Å². The van der Waals surface area contributed by atoms with E-state index in [4.69, 9.17) is 4.42 Å². The van der Waals surface area contributed by atoms with Crippen LogP contribution in [0, 0.1) is 6.92 Å². The fourth-order valence-corrected chi connectivity index (χ4v) is 4.67. The summed E-state index contributed by atoms with van der Waals surface area (Å²) in [5.74, 6) is 0.345. The van der Waals surface area contributed by atoms with Gasteiger partial charge in [-0.25, -0.2) is 8.42 Å². The summed E-state index contributed by atoms with van der Waals surface area (Å²) in [5.41, 5.74) is 2.02. The average Bonchev–Trinajstić information content (AvgIpc) is 3.15. The topological polar surface area (TPSA) is 76.4 Å². The van der Waals surface area contributed by atoms with Crippen LogP contribution in [-0.4, -0.2) is 31.9 Å². The fourth-order valence-electron chi connectivity index (χ4n) is 3.00. The lowest BCUT2D eigenvalue weighted by Gasteiger charge is -2.19. The summed E-state index contributed by atoms with van der Waals surface area (Å²) < 4.78 is 28.6. The van der Waals surface area contributed by atoms with Gasteiger partial charge in [-0.1, -0.05) is 29.8 Å². The van der Waals surface area contributed by atoms with Crippen molar-refractivity contribution in [1.82, 2.24) is 5.32 Å². The van der Waals surface area contributed by atoms with Crippen molar-refractivity contribution in [1.29, 1.82) is 0 Å². The highest BCUT2D eigenvalue weighted by molar-refractivity contribution is 7.91. The molecule has 1 aliphatic heterocycles. The normalized spacial score (nSPS) is 20.6. The minimum Gasteiger partial charge on any atom is -0.469 e. The second kappa shape index (κ2) is 6.81. The number of furan rings is 1. The van der Waals surface area contributed by atoms with Crippen LogP contribution in [0.15, 0.2) is 47.1 Å². The largest absolute Gasteiger partial charge is 0.469 e. The molecule has 0 bridgehead atoms. The van der Waals surface area contributed by atoms with Gasteiger partial charge in [-0.05, 0) is 31.0 Å². The van der Waals surface area contributed by atoms with Gasteiger partial charge in [-0.15, -0.1) is 0 Å². The minimum absolute atomic E-state index is 0.0279. The lowest BCUT2D eigenvalue weighted by molar-refractivity contribution is -0.123. The average molecular weight is 347 g/mol. The molecule has 2 aromatic rings. The van der Waals surface area contributed by atoms with Gasteiger partial charge in [0.2, 0.25) is 5.91 Å². The highest BCUT2D eigenvalue weighted by atomic mass is 32.2. The van der Waals surface area contributed by atoms with E-state index in [0.29, 0.717) is 12.8 Å². The van der Waals surface area contributed by atoms with Crippen LogP contribution >= 0.6 is 0 Å². The number of hydrogen-bond acceptors (Lipinski definition) is 4. The molecule has 0 radical (unpaired) electrons. The van der Waals surface area contributed by atoms with Gasteiger partial charge in [-0.2, -0.15) is 0 Å². The molecule has 3 rings (SSSR count). The van der Waals surface area contributed by atoms with Crippen molar-refractivity contribution in [3.05, 3.63) is 59.5 Å². The van der Waals surface area contributed by atoms with E-state index < -0.39 is 15.8 Å². The van der Waals surface area contributed by atoms with Crippen molar-refractivity contribution < 1.29 is 17.6 Å². The predicted octanol–water partition coefficient (Wildman–Crippen LogP) is 2.22. The van der Waals surface area contributed by atoms with E-state index in [0.717, 1.165) is 16.9 Å². The van der Waals surface area contributed by atoms with E-state index in [1.165, 1.54) is 0 Å². The first kappa shape index (κ1) is 16.8. The number of sulfone groups is 1. The smallest absolute Gasteiger partial charge is 0.228 e. The maximum atomic E-state index is 12.8. The number of aryl methyl sites for hydroxylation is 1. The number of amides is 1. The Balaban J connectivity index is 1.78. The number of hydrogen-bond donors (Lipinski definition) is 1. The molecule has 2 unspecified atom stereocenters. The zero-order valence-electron chi connectivity index (χ0n) is 13.6. The second-order valence-corrected chi connectivity index (χ2v) is 8.58. The van der Waals surface area contributed by atoms with Crippen LogP contribution in [0.4, 0.5) is 0 Å². The Morgan fingerprint density at radius 2 is 2.04 bits per heavy atom. The molecule has 1 N–H and O–H groups in total. The Hall–Kier alpha value is -2.08. The third-order valence-electron chi connectivity index (χ3n) is 4.36. The molecular formula is C18H21NO4S.